The Morgan fingerprint density at radius 3 is 2.71 bits per heavy atom. The average molecular weight is 382 g/mol. The van der Waals surface area contributed by atoms with Gasteiger partial charge in [-0.1, -0.05) is 13.3 Å². The van der Waals surface area contributed by atoms with Crippen LogP contribution in [-0.4, -0.2) is 74.4 Å². The lowest BCUT2D eigenvalue weighted by molar-refractivity contribution is 0.154. The highest BCUT2D eigenvalue weighted by atomic mass is 32.2. The van der Waals surface area contributed by atoms with Crippen molar-refractivity contribution < 1.29 is 17.4 Å². The first-order chi connectivity index (χ1) is 11.4. The molecule has 0 bridgehead atoms. The number of aliphatic imine (C=N–C) groups is 1. The minimum atomic E-state index is -2.97. The van der Waals surface area contributed by atoms with Crippen molar-refractivity contribution >= 4 is 26.6 Å². The fraction of sp³-hybridized carbons (Fsp3) is 0.933. The fourth-order valence-electron chi connectivity index (χ4n) is 2.69. The third-order valence-electron chi connectivity index (χ3n) is 3.98. The Labute approximate surface area is 148 Å². The summed E-state index contributed by atoms with van der Waals surface area (Å²) >= 11 is 0. The third kappa shape index (κ3) is 8.98. The molecule has 3 unspecified atom stereocenters. The lowest BCUT2D eigenvalue weighted by Gasteiger charge is -2.30. The van der Waals surface area contributed by atoms with Crippen LogP contribution in [-0.2, 0) is 25.4 Å². The van der Waals surface area contributed by atoms with Crippen molar-refractivity contribution in [3.63, 3.8) is 0 Å². The van der Waals surface area contributed by atoms with Gasteiger partial charge in [0.2, 0.25) is 0 Å². The maximum atomic E-state index is 12.0. The summed E-state index contributed by atoms with van der Waals surface area (Å²) in [6.45, 7) is 3.15. The van der Waals surface area contributed by atoms with Gasteiger partial charge >= 0.3 is 0 Å². The molecule has 1 saturated carbocycles. The second-order valence-electron chi connectivity index (χ2n) is 6.04. The molecule has 1 aliphatic rings. The van der Waals surface area contributed by atoms with Crippen molar-refractivity contribution in [2.24, 2.45) is 4.99 Å². The van der Waals surface area contributed by atoms with Crippen molar-refractivity contribution in [3.8, 4) is 0 Å². The Balaban J connectivity index is 2.26. The molecule has 0 aromatic heterocycles. The number of hydrogen-bond donors (Lipinski definition) is 2. The van der Waals surface area contributed by atoms with E-state index >= 15 is 0 Å². The summed E-state index contributed by atoms with van der Waals surface area (Å²) in [6.07, 6.45) is 5.29. The van der Waals surface area contributed by atoms with Crippen LogP contribution >= 0.6 is 0 Å². The Morgan fingerprint density at radius 1 is 1.33 bits per heavy atom. The molecule has 0 saturated heterocycles. The molecule has 142 valence electrons. The first kappa shape index (κ1) is 21.4. The second-order valence-corrected chi connectivity index (χ2v) is 10.3. The summed E-state index contributed by atoms with van der Waals surface area (Å²) in [5.41, 5.74) is 0. The van der Waals surface area contributed by atoms with Gasteiger partial charge < -0.3 is 15.4 Å². The second kappa shape index (κ2) is 11.0. The molecule has 2 N–H and O–H groups in total. The molecule has 0 aliphatic heterocycles. The van der Waals surface area contributed by atoms with E-state index < -0.39 is 20.6 Å². The molecular formula is C15H31N3O4S2. The van der Waals surface area contributed by atoms with E-state index in [0.717, 1.165) is 31.4 Å². The topological polar surface area (TPSA) is 96.9 Å². The first-order valence-electron chi connectivity index (χ1n) is 8.45. The highest BCUT2D eigenvalue weighted by Gasteiger charge is 2.25. The summed E-state index contributed by atoms with van der Waals surface area (Å²) in [4.78, 5) is 4.20. The maximum Gasteiger partial charge on any atom is 0.191 e. The van der Waals surface area contributed by atoms with Gasteiger partial charge in [-0.15, -0.1) is 0 Å². The average Bonchev–Trinajstić information content (AvgIpc) is 2.55. The summed E-state index contributed by atoms with van der Waals surface area (Å²) in [5.74, 6) is 1.46. The number of sulfone groups is 1. The fourth-order valence-corrected chi connectivity index (χ4v) is 4.46. The smallest absolute Gasteiger partial charge is 0.191 e. The molecule has 0 spiro atoms. The van der Waals surface area contributed by atoms with Crippen molar-refractivity contribution in [1.82, 2.24) is 10.6 Å². The summed E-state index contributed by atoms with van der Waals surface area (Å²) < 4.78 is 39.3. The van der Waals surface area contributed by atoms with Gasteiger partial charge in [0.25, 0.3) is 0 Å². The van der Waals surface area contributed by atoms with Gasteiger partial charge in [-0.3, -0.25) is 9.20 Å². The number of nitrogens with zero attached hydrogens (tertiary/aromatic N) is 1. The Kier molecular flexibility index (Phi) is 9.84. The first-order valence-corrected chi connectivity index (χ1v) is 11.9. The van der Waals surface area contributed by atoms with Gasteiger partial charge in [0, 0.05) is 47.7 Å². The molecule has 0 aromatic carbocycles. The number of hydrogen-bond acceptors (Lipinski definition) is 5. The molecule has 1 fully saturated rings. The van der Waals surface area contributed by atoms with Crippen molar-refractivity contribution in [2.75, 3.05) is 44.6 Å². The Morgan fingerprint density at radius 2 is 2.08 bits per heavy atom. The van der Waals surface area contributed by atoms with Gasteiger partial charge in [-0.25, -0.2) is 8.42 Å². The standard InChI is InChI=1S/C15H31N3O4S2/c1-4-23(19)14-7-5-6-13(12-14)18-15(16-2)17-8-9-22-10-11-24(3,20)21/h13-14H,4-12H2,1-3H3,(H2,16,17,18). The number of guanidine groups is 1. The van der Waals surface area contributed by atoms with E-state index in [0.29, 0.717) is 19.1 Å². The Hall–Kier alpha value is -0.670. The van der Waals surface area contributed by atoms with Crippen molar-refractivity contribution in [2.45, 2.75) is 43.9 Å². The molecule has 9 heteroatoms. The van der Waals surface area contributed by atoms with E-state index in [1.54, 1.807) is 7.05 Å². The van der Waals surface area contributed by atoms with E-state index in [2.05, 4.69) is 15.6 Å². The molecule has 1 aliphatic carbocycles. The predicted octanol–water partition coefficient (Wildman–Crippen LogP) is 0.292. The van der Waals surface area contributed by atoms with E-state index in [1.165, 1.54) is 6.26 Å². The molecule has 7 nitrogen and oxygen atoms in total. The molecular weight excluding hydrogens is 350 g/mol. The van der Waals surface area contributed by atoms with Gasteiger partial charge in [-0.2, -0.15) is 0 Å². The zero-order valence-electron chi connectivity index (χ0n) is 14.9. The van der Waals surface area contributed by atoms with Crippen LogP contribution in [0.15, 0.2) is 4.99 Å². The normalized spacial score (nSPS) is 23.7. The van der Waals surface area contributed by atoms with Crippen LogP contribution in [0.3, 0.4) is 0 Å². The van der Waals surface area contributed by atoms with Crippen LogP contribution in [0.2, 0.25) is 0 Å². The molecule has 24 heavy (non-hydrogen) atoms. The van der Waals surface area contributed by atoms with Gasteiger partial charge in [0.05, 0.1) is 19.0 Å². The minimum absolute atomic E-state index is 0.0397. The van der Waals surface area contributed by atoms with E-state index in [-0.39, 0.29) is 23.7 Å². The van der Waals surface area contributed by atoms with Crippen LogP contribution in [0, 0.1) is 0 Å². The summed E-state index contributed by atoms with van der Waals surface area (Å²) in [5, 5.41) is 6.82. The molecule has 0 radical (unpaired) electrons. The number of nitrogens with one attached hydrogen (secondary N) is 2. The quantitative estimate of drug-likeness (QED) is 0.339. The molecule has 0 aromatic rings. The summed E-state index contributed by atoms with van der Waals surface area (Å²) in [6, 6.07) is 0.289. The van der Waals surface area contributed by atoms with Crippen molar-refractivity contribution in [1.29, 1.82) is 0 Å². The van der Waals surface area contributed by atoms with Gasteiger partial charge in [0.15, 0.2) is 5.96 Å². The summed E-state index contributed by atoms with van der Waals surface area (Å²) in [7, 11) is -2.00. The van der Waals surface area contributed by atoms with E-state index in [4.69, 9.17) is 4.74 Å². The predicted molar refractivity (Wildman–Crippen MR) is 99.8 cm³/mol. The van der Waals surface area contributed by atoms with Gasteiger partial charge in [0.1, 0.15) is 9.84 Å². The highest BCUT2D eigenvalue weighted by Crippen LogP contribution is 2.22. The SMILES string of the molecule is CCS(=O)C1CCCC(NC(=NC)NCCOCCS(C)(=O)=O)C1. The Bertz CT molecular complexity index is 523. The monoisotopic (exact) mass is 381 g/mol. The maximum absolute atomic E-state index is 12.0. The van der Waals surface area contributed by atoms with Crippen LogP contribution in [0.1, 0.15) is 32.6 Å². The lowest BCUT2D eigenvalue weighted by atomic mass is 9.95. The van der Waals surface area contributed by atoms with Crippen LogP contribution in [0.5, 0.6) is 0 Å². The van der Waals surface area contributed by atoms with Gasteiger partial charge in [-0.05, 0) is 19.3 Å². The third-order valence-corrected chi connectivity index (χ3v) is 6.63. The largest absolute Gasteiger partial charge is 0.379 e. The lowest BCUT2D eigenvalue weighted by Crippen LogP contribution is -2.47. The van der Waals surface area contributed by atoms with E-state index in [9.17, 15) is 12.6 Å². The van der Waals surface area contributed by atoms with Crippen LogP contribution in [0.4, 0.5) is 0 Å². The molecule has 3 atom stereocenters. The van der Waals surface area contributed by atoms with Crippen molar-refractivity contribution in [3.05, 3.63) is 0 Å². The number of ether oxygens (including phenoxy) is 1. The van der Waals surface area contributed by atoms with Crippen LogP contribution < -0.4 is 10.6 Å². The van der Waals surface area contributed by atoms with E-state index in [1.807, 2.05) is 6.92 Å². The zero-order valence-corrected chi connectivity index (χ0v) is 16.5. The molecule has 1 rings (SSSR count). The minimum Gasteiger partial charge on any atom is -0.379 e. The number of rotatable bonds is 9. The zero-order chi connectivity index (χ0) is 18.0. The molecule has 0 amide bonds. The van der Waals surface area contributed by atoms with Crippen LogP contribution in [0.25, 0.3) is 0 Å². The molecule has 0 heterocycles. The highest BCUT2D eigenvalue weighted by molar-refractivity contribution is 7.90.